The molecule has 2 aromatic carbocycles. The van der Waals surface area contributed by atoms with E-state index in [1.54, 1.807) is 6.07 Å². The minimum absolute atomic E-state index is 0.354. The molecule has 1 amide bonds. The normalized spacial score (nSPS) is 12.0. The van der Waals surface area contributed by atoms with Crippen LogP contribution in [0.25, 0.3) is 0 Å². The third-order valence-corrected chi connectivity index (χ3v) is 3.21. The topological polar surface area (TPSA) is 49.3 Å². The number of hydrogen-bond donors (Lipinski definition) is 2. The molecule has 20 heavy (non-hydrogen) atoms. The van der Waals surface area contributed by atoms with E-state index in [4.69, 9.17) is 0 Å². The number of benzene rings is 2. The molecular weight excluding hydrogens is 257 g/mol. The Morgan fingerprint density at radius 2 is 1.75 bits per heavy atom. The molecule has 2 rings (SSSR count). The number of anilines is 1. The van der Waals surface area contributed by atoms with Gasteiger partial charge in [0, 0.05) is 5.69 Å². The van der Waals surface area contributed by atoms with Crippen LogP contribution in [0.4, 0.5) is 10.1 Å². The molecule has 0 aliphatic carbocycles. The van der Waals surface area contributed by atoms with Gasteiger partial charge < -0.3 is 10.4 Å². The molecule has 2 aromatic rings. The molecule has 0 spiro atoms. The van der Waals surface area contributed by atoms with Gasteiger partial charge in [0.25, 0.3) is 5.91 Å². The highest BCUT2D eigenvalue weighted by Gasteiger charge is 2.17. The zero-order valence-corrected chi connectivity index (χ0v) is 11.4. The van der Waals surface area contributed by atoms with Crippen molar-refractivity contribution in [3.63, 3.8) is 0 Å². The van der Waals surface area contributed by atoms with E-state index in [2.05, 4.69) is 5.32 Å². The second-order valence-electron chi connectivity index (χ2n) is 4.74. The molecule has 0 saturated carbocycles. The first-order valence-corrected chi connectivity index (χ1v) is 6.29. The lowest BCUT2D eigenvalue weighted by Gasteiger charge is -2.12. The monoisotopic (exact) mass is 273 g/mol. The maximum Gasteiger partial charge on any atom is 0.257 e. The lowest BCUT2D eigenvalue weighted by Crippen LogP contribution is -2.20. The number of nitrogens with one attached hydrogen (secondary N) is 1. The molecule has 1 atom stereocenters. The van der Waals surface area contributed by atoms with Crippen molar-refractivity contribution in [3.05, 3.63) is 65.0 Å². The summed E-state index contributed by atoms with van der Waals surface area (Å²) in [5.41, 5.74) is 3.16. The highest BCUT2D eigenvalue weighted by atomic mass is 19.1. The lowest BCUT2D eigenvalue weighted by atomic mass is 10.1. The Labute approximate surface area is 117 Å². The number of carbonyl (C=O) groups is 1. The Balaban J connectivity index is 2.11. The van der Waals surface area contributed by atoms with E-state index in [1.165, 1.54) is 24.3 Å². The van der Waals surface area contributed by atoms with Gasteiger partial charge >= 0.3 is 0 Å². The number of amides is 1. The van der Waals surface area contributed by atoms with Gasteiger partial charge in [-0.05, 0) is 54.8 Å². The Bertz CT molecular complexity index is 623. The van der Waals surface area contributed by atoms with Crippen molar-refractivity contribution < 1.29 is 14.3 Å². The Kier molecular flexibility index (Phi) is 4.15. The fourth-order valence-electron chi connectivity index (χ4n) is 1.83. The molecule has 0 fully saturated rings. The molecular formula is C16H16FNO2. The predicted molar refractivity (Wildman–Crippen MR) is 75.9 cm³/mol. The first-order valence-electron chi connectivity index (χ1n) is 6.29. The van der Waals surface area contributed by atoms with E-state index in [9.17, 15) is 14.3 Å². The Morgan fingerprint density at radius 1 is 1.10 bits per heavy atom. The van der Waals surface area contributed by atoms with Crippen molar-refractivity contribution in [2.75, 3.05) is 5.32 Å². The van der Waals surface area contributed by atoms with Gasteiger partial charge in [-0.1, -0.05) is 18.2 Å². The Hall–Kier alpha value is -2.20. The molecule has 2 N–H and O–H groups in total. The van der Waals surface area contributed by atoms with Crippen LogP contribution in [0.15, 0.2) is 42.5 Å². The van der Waals surface area contributed by atoms with Crippen molar-refractivity contribution in [1.82, 2.24) is 0 Å². The van der Waals surface area contributed by atoms with Gasteiger partial charge in [-0.25, -0.2) is 4.39 Å². The van der Waals surface area contributed by atoms with Crippen LogP contribution in [-0.2, 0) is 4.79 Å². The van der Waals surface area contributed by atoms with Crippen LogP contribution in [0.5, 0.6) is 0 Å². The summed E-state index contributed by atoms with van der Waals surface area (Å²) in [5.74, 6) is -0.949. The minimum Gasteiger partial charge on any atom is -0.378 e. The van der Waals surface area contributed by atoms with Crippen molar-refractivity contribution >= 4 is 11.6 Å². The fraction of sp³-hybridized carbons (Fsp3) is 0.188. The van der Waals surface area contributed by atoms with E-state index in [-0.39, 0.29) is 0 Å². The van der Waals surface area contributed by atoms with E-state index < -0.39 is 17.8 Å². The molecule has 1 unspecified atom stereocenters. The summed E-state index contributed by atoms with van der Waals surface area (Å²) in [6, 6.07) is 10.7. The molecule has 0 saturated heterocycles. The number of aryl methyl sites for hydroxylation is 2. The van der Waals surface area contributed by atoms with Crippen molar-refractivity contribution in [2.24, 2.45) is 0 Å². The number of aliphatic hydroxyl groups is 1. The van der Waals surface area contributed by atoms with Crippen molar-refractivity contribution in [1.29, 1.82) is 0 Å². The zero-order chi connectivity index (χ0) is 14.7. The largest absolute Gasteiger partial charge is 0.378 e. The van der Waals surface area contributed by atoms with Crippen LogP contribution < -0.4 is 5.32 Å². The van der Waals surface area contributed by atoms with E-state index in [0.29, 0.717) is 11.3 Å². The third kappa shape index (κ3) is 3.22. The van der Waals surface area contributed by atoms with Crippen molar-refractivity contribution in [3.8, 4) is 0 Å². The van der Waals surface area contributed by atoms with Crippen LogP contribution in [0.3, 0.4) is 0 Å². The summed E-state index contributed by atoms with van der Waals surface area (Å²) >= 11 is 0. The van der Waals surface area contributed by atoms with Crippen molar-refractivity contribution in [2.45, 2.75) is 20.0 Å². The van der Waals surface area contributed by atoms with Crippen LogP contribution in [0.2, 0.25) is 0 Å². The summed E-state index contributed by atoms with van der Waals surface area (Å²) < 4.78 is 12.8. The highest BCUT2D eigenvalue weighted by molar-refractivity contribution is 5.94. The van der Waals surface area contributed by atoms with E-state index >= 15 is 0 Å². The molecule has 0 aromatic heterocycles. The van der Waals surface area contributed by atoms with Gasteiger partial charge in [0.15, 0.2) is 6.10 Å². The molecule has 4 heteroatoms. The fourth-order valence-corrected chi connectivity index (χ4v) is 1.83. The standard InChI is InChI=1S/C16H16FNO2/c1-10-3-8-14(9-11(10)2)18-16(20)15(19)12-4-6-13(17)7-5-12/h3-9,15,19H,1-2H3,(H,18,20). The second kappa shape index (κ2) is 5.84. The zero-order valence-electron chi connectivity index (χ0n) is 11.4. The molecule has 3 nitrogen and oxygen atoms in total. The minimum atomic E-state index is -1.32. The number of carbonyl (C=O) groups excluding carboxylic acids is 1. The average molecular weight is 273 g/mol. The van der Waals surface area contributed by atoms with Gasteiger partial charge in [0.05, 0.1) is 0 Å². The summed E-state index contributed by atoms with van der Waals surface area (Å²) in [6.07, 6.45) is -1.32. The van der Waals surface area contributed by atoms with E-state index in [0.717, 1.165) is 11.1 Å². The summed E-state index contributed by atoms with van der Waals surface area (Å²) in [4.78, 5) is 11.9. The number of rotatable bonds is 3. The molecule has 104 valence electrons. The first-order chi connectivity index (χ1) is 9.47. The third-order valence-electron chi connectivity index (χ3n) is 3.21. The van der Waals surface area contributed by atoms with E-state index in [1.807, 2.05) is 26.0 Å². The van der Waals surface area contributed by atoms with Gasteiger partial charge in [0.2, 0.25) is 0 Å². The molecule has 0 aliphatic rings. The predicted octanol–water partition coefficient (Wildman–Crippen LogP) is 3.11. The number of hydrogen-bond acceptors (Lipinski definition) is 2. The molecule has 0 radical (unpaired) electrons. The maximum absolute atomic E-state index is 12.8. The van der Waals surface area contributed by atoms with Gasteiger partial charge in [-0.3, -0.25) is 4.79 Å². The van der Waals surface area contributed by atoms with Crippen LogP contribution in [0.1, 0.15) is 22.8 Å². The summed E-state index contributed by atoms with van der Waals surface area (Å²) in [7, 11) is 0. The summed E-state index contributed by atoms with van der Waals surface area (Å²) in [5, 5.41) is 12.6. The first kappa shape index (κ1) is 14.2. The van der Waals surface area contributed by atoms with Gasteiger partial charge in [0.1, 0.15) is 5.82 Å². The smallest absolute Gasteiger partial charge is 0.257 e. The second-order valence-corrected chi connectivity index (χ2v) is 4.74. The van der Waals surface area contributed by atoms with Crippen LogP contribution in [0, 0.1) is 19.7 Å². The van der Waals surface area contributed by atoms with Gasteiger partial charge in [-0.15, -0.1) is 0 Å². The summed E-state index contributed by atoms with van der Waals surface area (Å²) in [6.45, 7) is 3.93. The maximum atomic E-state index is 12.8. The lowest BCUT2D eigenvalue weighted by molar-refractivity contribution is -0.124. The SMILES string of the molecule is Cc1ccc(NC(=O)C(O)c2ccc(F)cc2)cc1C. The van der Waals surface area contributed by atoms with Crippen LogP contribution >= 0.6 is 0 Å². The molecule has 0 heterocycles. The highest BCUT2D eigenvalue weighted by Crippen LogP contribution is 2.18. The van der Waals surface area contributed by atoms with Crippen LogP contribution in [-0.4, -0.2) is 11.0 Å². The number of halogens is 1. The number of aliphatic hydroxyl groups excluding tert-OH is 1. The quantitative estimate of drug-likeness (QED) is 0.902. The average Bonchev–Trinajstić information content (AvgIpc) is 2.43. The van der Waals surface area contributed by atoms with Gasteiger partial charge in [-0.2, -0.15) is 0 Å². The Morgan fingerprint density at radius 3 is 2.35 bits per heavy atom. The molecule has 0 bridgehead atoms. The molecule has 0 aliphatic heterocycles.